The summed E-state index contributed by atoms with van der Waals surface area (Å²) in [5, 5.41) is 12.0. The van der Waals surface area contributed by atoms with E-state index in [0.29, 0.717) is 40.4 Å². The van der Waals surface area contributed by atoms with Gasteiger partial charge in [-0.1, -0.05) is 30.7 Å². The van der Waals surface area contributed by atoms with Crippen molar-refractivity contribution < 1.29 is 13.9 Å². The third kappa shape index (κ3) is 4.39. The highest BCUT2D eigenvalue weighted by Gasteiger charge is 2.36. The number of ether oxygens (including phenoxy) is 1. The van der Waals surface area contributed by atoms with Gasteiger partial charge in [0.1, 0.15) is 22.8 Å². The van der Waals surface area contributed by atoms with Crippen LogP contribution in [0.3, 0.4) is 0 Å². The zero-order valence-corrected chi connectivity index (χ0v) is 24.1. The highest BCUT2D eigenvalue weighted by molar-refractivity contribution is 7.17. The Kier molecular flexibility index (Phi) is 5.87. The summed E-state index contributed by atoms with van der Waals surface area (Å²) in [5.41, 5.74) is 5.00. The molecule has 2 unspecified atom stereocenters. The van der Waals surface area contributed by atoms with Crippen molar-refractivity contribution in [3.05, 3.63) is 75.6 Å². The van der Waals surface area contributed by atoms with Crippen molar-refractivity contribution >= 4 is 49.8 Å². The van der Waals surface area contributed by atoms with Gasteiger partial charge in [0, 0.05) is 63.1 Å². The zero-order valence-electron chi connectivity index (χ0n) is 22.5. The Labute approximate surface area is 245 Å². The molecule has 2 saturated carbocycles. The molecule has 1 aliphatic heterocycles. The summed E-state index contributed by atoms with van der Waals surface area (Å²) in [6, 6.07) is 11.4. The lowest BCUT2D eigenvalue weighted by Gasteiger charge is -2.20. The number of halogens is 2. The highest BCUT2D eigenvalue weighted by atomic mass is 35.5. The van der Waals surface area contributed by atoms with Gasteiger partial charge < -0.3 is 10.1 Å². The van der Waals surface area contributed by atoms with Gasteiger partial charge in [-0.15, -0.1) is 11.3 Å². The van der Waals surface area contributed by atoms with Gasteiger partial charge in [0.15, 0.2) is 0 Å². The van der Waals surface area contributed by atoms with Crippen LogP contribution in [0.4, 0.5) is 4.39 Å². The molecule has 0 saturated heterocycles. The van der Waals surface area contributed by atoms with Crippen molar-refractivity contribution in [3.63, 3.8) is 0 Å². The van der Waals surface area contributed by atoms with E-state index in [2.05, 4.69) is 23.4 Å². The van der Waals surface area contributed by atoms with Crippen LogP contribution in [-0.4, -0.2) is 33.8 Å². The largest absolute Gasteiger partial charge is 0.490 e. The minimum absolute atomic E-state index is 0.0641. The predicted octanol–water partition coefficient (Wildman–Crippen LogP) is 7.86. The van der Waals surface area contributed by atoms with Crippen molar-refractivity contribution in [3.8, 4) is 17.0 Å². The van der Waals surface area contributed by atoms with Gasteiger partial charge in [-0.05, 0) is 55.9 Å². The summed E-state index contributed by atoms with van der Waals surface area (Å²) >= 11 is 7.94. The first-order valence-electron chi connectivity index (χ1n) is 14.2. The third-order valence-electron chi connectivity index (χ3n) is 8.65. The lowest BCUT2D eigenvalue weighted by molar-refractivity contribution is 0.0950. The molecule has 1 amide bonds. The number of fused-ring (bicyclic) bond motifs is 3. The Hall–Kier alpha value is -3.49. The van der Waals surface area contributed by atoms with Gasteiger partial charge >= 0.3 is 0 Å². The molecule has 41 heavy (non-hydrogen) atoms. The summed E-state index contributed by atoms with van der Waals surface area (Å²) in [6.45, 7) is 3.22. The van der Waals surface area contributed by atoms with Crippen LogP contribution < -0.4 is 10.1 Å². The molecule has 2 atom stereocenters. The van der Waals surface area contributed by atoms with Crippen molar-refractivity contribution in [1.29, 1.82) is 0 Å². The molecule has 2 aromatic carbocycles. The normalized spacial score (nSPS) is 19.0. The minimum Gasteiger partial charge on any atom is -0.490 e. The number of rotatable bonds is 7. The molecular weight excluding hydrogens is 559 g/mol. The summed E-state index contributed by atoms with van der Waals surface area (Å²) < 4.78 is 23.3. The smallest absolute Gasteiger partial charge is 0.251 e. The Bertz CT molecular complexity index is 1860. The zero-order chi connectivity index (χ0) is 27.8. The van der Waals surface area contributed by atoms with E-state index in [4.69, 9.17) is 21.3 Å². The van der Waals surface area contributed by atoms with Crippen molar-refractivity contribution in [1.82, 2.24) is 20.1 Å². The van der Waals surface area contributed by atoms with Crippen molar-refractivity contribution in [2.24, 2.45) is 5.92 Å². The van der Waals surface area contributed by atoms with E-state index in [1.807, 2.05) is 28.4 Å². The molecule has 0 radical (unpaired) electrons. The SMILES string of the molecule is CC1COc2c1cc(C(CNC(=O)c1cc(Cl)c3nn(C4CC4)cc3c1)C1CC1)nc2-c1csc2c(F)cccc12. The van der Waals surface area contributed by atoms with E-state index in [9.17, 15) is 9.18 Å². The molecular formula is C32H28ClFN4O2S. The second kappa shape index (κ2) is 9.53. The van der Waals surface area contributed by atoms with E-state index in [1.54, 1.807) is 12.1 Å². The number of thiophene rings is 1. The monoisotopic (exact) mass is 586 g/mol. The van der Waals surface area contributed by atoms with E-state index in [-0.39, 0.29) is 23.6 Å². The number of carbonyl (C=O) groups excluding carboxylic acids is 1. The first kappa shape index (κ1) is 25.2. The van der Waals surface area contributed by atoms with Crippen LogP contribution in [0, 0.1) is 11.7 Å². The Morgan fingerprint density at radius 1 is 1.24 bits per heavy atom. The minimum atomic E-state index is -0.224. The molecule has 0 spiro atoms. The predicted molar refractivity (Wildman–Crippen MR) is 160 cm³/mol. The number of nitrogens with one attached hydrogen (secondary N) is 1. The second-order valence-electron chi connectivity index (χ2n) is 11.7. The molecule has 1 N–H and O–H groups in total. The first-order chi connectivity index (χ1) is 19.9. The summed E-state index contributed by atoms with van der Waals surface area (Å²) in [5.74, 6) is 1.15. The van der Waals surface area contributed by atoms with Gasteiger partial charge in [-0.2, -0.15) is 5.10 Å². The molecule has 5 aromatic rings. The quantitative estimate of drug-likeness (QED) is 0.211. The van der Waals surface area contributed by atoms with Gasteiger partial charge in [0.2, 0.25) is 0 Å². The summed E-state index contributed by atoms with van der Waals surface area (Å²) in [4.78, 5) is 18.5. The van der Waals surface area contributed by atoms with Crippen molar-refractivity contribution in [2.75, 3.05) is 13.2 Å². The number of hydrogen-bond acceptors (Lipinski definition) is 5. The number of nitrogens with zero attached hydrogens (tertiary/aromatic N) is 3. The fraction of sp³-hybridized carbons (Fsp3) is 0.344. The van der Waals surface area contributed by atoms with Crippen molar-refractivity contribution in [2.45, 2.75) is 50.5 Å². The molecule has 3 aliphatic rings. The maximum absolute atomic E-state index is 14.5. The van der Waals surface area contributed by atoms with Crippen LogP contribution >= 0.6 is 22.9 Å². The number of pyridine rings is 1. The molecule has 6 nitrogen and oxygen atoms in total. The van der Waals surface area contributed by atoms with Crippen LogP contribution in [0.5, 0.6) is 5.75 Å². The Morgan fingerprint density at radius 2 is 2.10 bits per heavy atom. The fourth-order valence-corrected chi connectivity index (χ4v) is 7.28. The van der Waals surface area contributed by atoms with E-state index < -0.39 is 0 Å². The molecule has 208 valence electrons. The number of carbonyl (C=O) groups is 1. The maximum atomic E-state index is 14.5. The molecule has 4 heterocycles. The highest BCUT2D eigenvalue weighted by Crippen LogP contribution is 2.48. The molecule has 9 heteroatoms. The van der Waals surface area contributed by atoms with Gasteiger partial charge in [0.05, 0.1) is 22.4 Å². The standard InChI is InChI=1S/C32H28ClFN4O2S/c1-16-14-40-30-22(16)11-27(36-29(30)24-15-41-31-21(24)3-2-4-26(31)34)23(17-5-6-17)12-35-32(39)18-9-19-13-38(20-7-8-20)37-28(19)25(33)10-18/h2-4,9-11,13,15-17,20,23H,5-8,12,14H2,1H3,(H,35,39). The number of aromatic nitrogens is 3. The third-order valence-corrected chi connectivity index (χ3v) is 9.95. The van der Waals surface area contributed by atoms with Crippen LogP contribution in [-0.2, 0) is 0 Å². The Balaban J connectivity index is 1.12. The van der Waals surface area contributed by atoms with Gasteiger partial charge in [-0.25, -0.2) is 9.37 Å². The van der Waals surface area contributed by atoms with Gasteiger partial charge in [-0.3, -0.25) is 9.48 Å². The summed E-state index contributed by atoms with van der Waals surface area (Å²) in [7, 11) is 0. The van der Waals surface area contributed by atoms with E-state index >= 15 is 0 Å². The van der Waals surface area contributed by atoms with E-state index in [0.717, 1.165) is 70.2 Å². The fourth-order valence-electron chi connectivity index (χ4n) is 6.05. The summed E-state index contributed by atoms with van der Waals surface area (Å²) in [6.07, 6.45) is 6.45. The molecule has 2 aliphatic carbocycles. The Morgan fingerprint density at radius 3 is 2.90 bits per heavy atom. The van der Waals surface area contributed by atoms with Crippen LogP contribution in [0.2, 0.25) is 5.02 Å². The lowest BCUT2D eigenvalue weighted by Crippen LogP contribution is -2.29. The number of hydrogen-bond donors (Lipinski definition) is 1. The molecule has 0 bridgehead atoms. The number of amides is 1. The molecule has 8 rings (SSSR count). The average Bonchev–Trinajstić information content (AvgIpc) is 3.87. The van der Waals surface area contributed by atoms with E-state index in [1.165, 1.54) is 17.4 Å². The average molecular weight is 587 g/mol. The number of benzene rings is 2. The topological polar surface area (TPSA) is 69.0 Å². The second-order valence-corrected chi connectivity index (χ2v) is 13.0. The first-order valence-corrected chi connectivity index (χ1v) is 15.5. The lowest BCUT2D eigenvalue weighted by atomic mass is 9.93. The molecule has 3 aromatic heterocycles. The van der Waals surface area contributed by atoms with Crippen LogP contribution in [0.1, 0.15) is 72.1 Å². The van der Waals surface area contributed by atoms with Gasteiger partial charge in [0.25, 0.3) is 5.91 Å². The maximum Gasteiger partial charge on any atom is 0.251 e. The van der Waals surface area contributed by atoms with Crippen LogP contribution in [0.15, 0.2) is 48.0 Å². The molecule has 2 fully saturated rings. The van der Waals surface area contributed by atoms with Crippen LogP contribution in [0.25, 0.3) is 32.2 Å².